The summed E-state index contributed by atoms with van der Waals surface area (Å²) in [4.78, 5) is 0. The Morgan fingerprint density at radius 2 is 0.640 bits per heavy atom. The fraction of sp³-hybridized carbons (Fsp3) is 1.00. The second-order valence-electron chi connectivity index (χ2n) is 10.9. The van der Waals surface area contributed by atoms with Gasteiger partial charge < -0.3 is 4.12 Å². The molecule has 0 aliphatic carbocycles. The average Bonchev–Trinajstić information content (AvgIpc) is 2.34. The van der Waals surface area contributed by atoms with E-state index in [1.165, 1.54) is 24.2 Å². The number of hydrogen-bond acceptors (Lipinski definition) is 1. The molecule has 0 saturated carbocycles. The first-order valence-corrected chi connectivity index (χ1v) is 15.8. The van der Waals surface area contributed by atoms with E-state index in [2.05, 4.69) is 83.1 Å². The summed E-state index contributed by atoms with van der Waals surface area (Å²) in [5, 5.41) is 0. The molecule has 0 saturated heterocycles. The molecule has 0 aliphatic rings. The lowest BCUT2D eigenvalue weighted by atomic mass is 10.3. The topological polar surface area (TPSA) is 9.23 Å². The predicted molar refractivity (Wildman–Crippen MR) is 121 cm³/mol. The zero-order chi connectivity index (χ0) is 20.0. The number of rotatable bonds is 12. The summed E-state index contributed by atoms with van der Waals surface area (Å²) in [6.07, 6.45) is 0. The van der Waals surface area contributed by atoms with Crippen molar-refractivity contribution < 1.29 is 4.12 Å². The molecule has 3 heteroatoms. The van der Waals surface area contributed by atoms with Gasteiger partial charge in [0.05, 0.1) is 0 Å². The summed E-state index contributed by atoms with van der Waals surface area (Å²) in [6.45, 7) is 29.0. The zero-order valence-electron chi connectivity index (χ0n) is 19.7. The minimum absolute atomic E-state index is 0.710. The molecule has 1 nitrogen and oxygen atoms in total. The van der Waals surface area contributed by atoms with Gasteiger partial charge in [0.1, 0.15) is 0 Å². The third kappa shape index (κ3) is 8.30. The van der Waals surface area contributed by atoms with Crippen LogP contribution in [0.15, 0.2) is 0 Å². The minimum Gasteiger partial charge on any atom is -0.454 e. The Morgan fingerprint density at radius 1 is 0.440 bits per heavy atom. The van der Waals surface area contributed by atoms with Crippen molar-refractivity contribution in [1.82, 2.24) is 0 Å². The standard InChI is InChI=1S/C22H50OSi2/c1-17(2)13-24(21(9)10,14-18(3)4)23-25(22(11)12,15-19(5)6)16-20(7)8/h17-22H,13-16H2,1-12H3. The second-order valence-corrected chi connectivity index (χ2v) is 20.0. The molecule has 0 aromatic rings. The van der Waals surface area contributed by atoms with Gasteiger partial charge in [0.15, 0.2) is 16.6 Å². The fourth-order valence-corrected chi connectivity index (χ4v) is 18.9. The van der Waals surface area contributed by atoms with Crippen molar-refractivity contribution in [1.29, 1.82) is 0 Å². The average molecular weight is 387 g/mol. The highest BCUT2D eigenvalue weighted by Crippen LogP contribution is 2.45. The molecule has 0 atom stereocenters. The first-order valence-electron chi connectivity index (χ1n) is 11.0. The van der Waals surface area contributed by atoms with Crippen LogP contribution in [0, 0.1) is 23.7 Å². The molecule has 0 heterocycles. The SMILES string of the molecule is CC(C)C[Si](CC(C)C)(O[Si](CC(C)C)(CC(C)C)C(C)C)C(C)C. The lowest BCUT2D eigenvalue weighted by Gasteiger charge is -2.49. The van der Waals surface area contributed by atoms with Gasteiger partial charge >= 0.3 is 0 Å². The minimum atomic E-state index is -1.77. The van der Waals surface area contributed by atoms with E-state index in [1.807, 2.05) is 0 Å². The summed E-state index contributed by atoms with van der Waals surface area (Å²) in [7, 11) is -3.54. The zero-order valence-corrected chi connectivity index (χ0v) is 21.7. The first kappa shape index (κ1) is 25.4. The van der Waals surface area contributed by atoms with E-state index >= 15 is 0 Å². The van der Waals surface area contributed by atoms with Crippen LogP contribution in [0.4, 0.5) is 0 Å². The van der Waals surface area contributed by atoms with Crippen LogP contribution in [-0.2, 0) is 4.12 Å². The van der Waals surface area contributed by atoms with Crippen LogP contribution in [0.25, 0.3) is 0 Å². The maximum Gasteiger partial charge on any atom is 0.182 e. The molecule has 0 bridgehead atoms. The highest BCUT2D eigenvalue weighted by Gasteiger charge is 2.49. The Labute approximate surface area is 163 Å². The highest BCUT2D eigenvalue weighted by molar-refractivity contribution is 6.88. The van der Waals surface area contributed by atoms with Gasteiger partial charge in [-0.1, -0.05) is 83.1 Å². The summed E-state index contributed by atoms with van der Waals surface area (Å²) in [6, 6.07) is 5.34. The van der Waals surface area contributed by atoms with Gasteiger partial charge in [-0.2, -0.15) is 0 Å². The predicted octanol–water partition coefficient (Wildman–Crippen LogP) is 8.34. The summed E-state index contributed by atoms with van der Waals surface area (Å²) in [5.41, 5.74) is 1.42. The van der Waals surface area contributed by atoms with E-state index < -0.39 is 16.6 Å². The largest absolute Gasteiger partial charge is 0.454 e. The van der Waals surface area contributed by atoms with Crippen LogP contribution >= 0.6 is 0 Å². The molecular weight excluding hydrogens is 336 g/mol. The van der Waals surface area contributed by atoms with Gasteiger partial charge in [-0.05, 0) is 58.9 Å². The highest BCUT2D eigenvalue weighted by atomic mass is 28.4. The molecule has 0 aromatic heterocycles. The molecule has 0 radical (unpaired) electrons. The Hall–Kier alpha value is 0.394. The van der Waals surface area contributed by atoms with Crippen LogP contribution in [-0.4, -0.2) is 16.6 Å². The van der Waals surface area contributed by atoms with Crippen molar-refractivity contribution in [2.75, 3.05) is 0 Å². The van der Waals surface area contributed by atoms with Crippen molar-refractivity contribution in [3.05, 3.63) is 0 Å². The molecule has 0 amide bonds. The van der Waals surface area contributed by atoms with Crippen LogP contribution < -0.4 is 0 Å². The lowest BCUT2D eigenvalue weighted by Crippen LogP contribution is -2.56. The molecule has 0 N–H and O–H groups in total. The van der Waals surface area contributed by atoms with Gasteiger partial charge in [0, 0.05) is 0 Å². The molecule has 0 aliphatic heterocycles. The van der Waals surface area contributed by atoms with Crippen molar-refractivity contribution in [3.63, 3.8) is 0 Å². The number of hydrogen-bond donors (Lipinski definition) is 0. The molecule has 0 unspecified atom stereocenters. The fourth-order valence-electron chi connectivity index (χ4n) is 4.68. The second kappa shape index (κ2) is 10.7. The van der Waals surface area contributed by atoms with Crippen LogP contribution in [0.1, 0.15) is 83.1 Å². The third-order valence-corrected chi connectivity index (χ3v) is 19.0. The summed E-state index contributed by atoms with van der Waals surface area (Å²) < 4.78 is 7.67. The molecular formula is C22H50OSi2. The maximum atomic E-state index is 7.67. The first-order chi connectivity index (χ1) is 11.3. The van der Waals surface area contributed by atoms with Crippen LogP contribution in [0.2, 0.25) is 35.3 Å². The Balaban J connectivity index is 6.07. The van der Waals surface area contributed by atoms with Crippen molar-refractivity contribution in [3.8, 4) is 0 Å². The van der Waals surface area contributed by atoms with E-state index in [0.29, 0.717) is 11.1 Å². The van der Waals surface area contributed by atoms with Crippen molar-refractivity contribution in [2.24, 2.45) is 23.7 Å². The monoisotopic (exact) mass is 386 g/mol. The van der Waals surface area contributed by atoms with E-state index in [0.717, 1.165) is 23.7 Å². The van der Waals surface area contributed by atoms with E-state index in [-0.39, 0.29) is 0 Å². The molecule has 0 aromatic carbocycles. The third-order valence-electron chi connectivity index (χ3n) is 5.53. The Kier molecular flexibility index (Phi) is 10.8. The normalized spacial score (nSPS) is 14.2. The Bertz CT molecular complexity index is 305. The van der Waals surface area contributed by atoms with E-state index in [9.17, 15) is 0 Å². The molecule has 0 spiro atoms. The smallest absolute Gasteiger partial charge is 0.182 e. The van der Waals surface area contributed by atoms with Gasteiger partial charge in [0.2, 0.25) is 0 Å². The van der Waals surface area contributed by atoms with Crippen LogP contribution in [0.3, 0.4) is 0 Å². The lowest BCUT2D eigenvalue weighted by molar-refractivity contribution is 0.427. The maximum absolute atomic E-state index is 7.67. The molecule has 0 rings (SSSR count). The molecule has 152 valence electrons. The summed E-state index contributed by atoms with van der Waals surface area (Å²) in [5.74, 6) is 2.96. The van der Waals surface area contributed by atoms with Gasteiger partial charge in [-0.25, -0.2) is 0 Å². The van der Waals surface area contributed by atoms with E-state index in [1.54, 1.807) is 0 Å². The van der Waals surface area contributed by atoms with Crippen LogP contribution in [0.5, 0.6) is 0 Å². The van der Waals surface area contributed by atoms with Crippen molar-refractivity contribution in [2.45, 2.75) is 118 Å². The summed E-state index contributed by atoms with van der Waals surface area (Å²) >= 11 is 0. The molecule has 25 heavy (non-hydrogen) atoms. The Morgan fingerprint density at radius 3 is 0.760 bits per heavy atom. The van der Waals surface area contributed by atoms with Gasteiger partial charge in [-0.3, -0.25) is 0 Å². The quantitative estimate of drug-likeness (QED) is 0.306. The molecule has 0 fully saturated rings. The van der Waals surface area contributed by atoms with Crippen molar-refractivity contribution >= 4 is 16.6 Å². The van der Waals surface area contributed by atoms with Gasteiger partial charge in [-0.15, -0.1) is 0 Å². The van der Waals surface area contributed by atoms with Gasteiger partial charge in [0.25, 0.3) is 0 Å². The van der Waals surface area contributed by atoms with E-state index in [4.69, 9.17) is 4.12 Å².